The molecule has 1 atom stereocenters. The van der Waals surface area contributed by atoms with Crippen LogP contribution in [0.5, 0.6) is 0 Å². The molecule has 0 aliphatic heterocycles. The van der Waals surface area contributed by atoms with Crippen LogP contribution in [0.15, 0.2) is 42.5 Å². The summed E-state index contributed by atoms with van der Waals surface area (Å²) in [7, 11) is 0. The summed E-state index contributed by atoms with van der Waals surface area (Å²) in [6, 6.07) is 13.1. The van der Waals surface area contributed by atoms with Crippen molar-refractivity contribution < 1.29 is 9.59 Å². The molecule has 31 heavy (non-hydrogen) atoms. The Bertz CT molecular complexity index is 882. The van der Waals surface area contributed by atoms with E-state index >= 15 is 0 Å². The van der Waals surface area contributed by atoms with Gasteiger partial charge in [0.05, 0.1) is 10.0 Å². The second-order valence-electron chi connectivity index (χ2n) is 8.03. The van der Waals surface area contributed by atoms with Crippen LogP contribution >= 0.6 is 23.2 Å². The van der Waals surface area contributed by atoms with E-state index in [1.807, 2.05) is 26.8 Å². The molecular formula is C25H32Cl2N2O2. The summed E-state index contributed by atoms with van der Waals surface area (Å²) < 4.78 is 0. The van der Waals surface area contributed by atoms with Crippen LogP contribution in [0.2, 0.25) is 10.0 Å². The highest BCUT2D eigenvalue weighted by atomic mass is 35.5. The first kappa shape index (κ1) is 25.2. The number of nitrogens with zero attached hydrogens (tertiary/aromatic N) is 1. The number of nitrogens with one attached hydrogen (secondary N) is 1. The molecule has 0 unspecified atom stereocenters. The molecule has 2 aromatic carbocycles. The number of hydrogen-bond donors (Lipinski definition) is 1. The van der Waals surface area contributed by atoms with Gasteiger partial charge in [-0.15, -0.1) is 0 Å². The lowest BCUT2D eigenvalue weighted by molar-refractivity contribution is -0.141. The summed E-state index contributed by atoms with van der Waals surface area (Å²) in [4.78, 5) is 27.8. The zero-order chi connectivity index (χ0) is 23.0. The van der Waals surface area contributed by atoms with Crippen molar-refractivity contribution in [3.8, 4) is 0 Å². The number of rotatable bonds is 10. The molecule has 0 fully saturated rings. The van der Waals surface area contributed by atoms with Gasteiger partial charge in [-0.25, -0.2) is 0 Å². The van der Waals surface area contributed by atoms with Gasteiger partial charge in [-0.1, -0.05) is 67.4 Å². The van der Waals surface area contributed by atoms with Crippen LogP contribution in [0.3, 0.4) is 0 Å². The molecule has 0 spiro atoms. The third kappa shape index (κ3) is 7.55. The molecule has 0 aliphatic rings. The summed E-state index contributed by atoms with van der Waals surface area (Å²) in [5.41, 5.74) is 3.22. The molecule has 0 radical (unpaired) electrons. The van der Waals surface area contributed by atoms with Gasteiger partial charge >= 0.3 is 0 Å². The quantitative estimate of drug-likeness (QED) is 0.483. The smallest absolute Gasteiger partial charge is 0.243 e. The average molecular weight is 463 g/mol. The highest BCUT2D eigenvalue weighted by molar-refractivity contribution is 6.42. The second-order valence-corrected chi connectivity index (χ2v) is 8.84. The predicted molar refractivity (Wildman–Crippen MR) is 129 cm³/mol. The van der Waals surface area contributed by atoms with E-state index in [1.165, 1.54) is 5.56 Å². The first-order chi connectivity index (χ1) is 14.7. The van der Waals surface area contributed by atoms with Crippen LogP contribution in [-0.2, 0) is 29.0 Å². The molecule has 0 aromatic heterocycles. The van der Waals surface area contributed by atoms with Crippen molar-refractivity contribution >= 4 is 35.0 Å². The van der Waals surface area contributed by atoms with Crippen LogP contribution in [0.1, 0.15) is 57.2 Å². The Kier molecular flexibility index (Phi) is 9.86. The molecule has 168 valence electrons. The third-order valence-electron chi connectivity index (χ3n) is 5.21. The summed E-state index contributed by atoms with van der Waals surface area (Å²) in [5, 5.41) is 3.84. The van der Waals surface area contributed by atoms with Crippen LogP contribution < -0.4 is 5.32 Å². The van der Waals surface area contributed by atoms with Gasteiger partial charge in [0.1, 0.15) is 6.04 Å². The van der Waals surface area contributed by atoms with E-state index in [0.717, 1.165) is 17.5 Å². The number of aryl methyl sites for hydroxylation is 2. The lowest BCUT2D eigenvalue weighted by Crippen LogP contribution is -2.50. The Hall–Kier alpha value is -2.04. The lowest BCUT2D eigenvalue weighted by atomic mass is 10.0. The van der Waals surface area contributed by atoms with Gasteiger partial charge in [0.15, 0.2) is 0 Å². The number of carbonyl (C=O) groups is 2. The third-order valence-corrected chi connectivity index (χ3v) is 5.95. The van der Waals surface area contributed by atoms with Crippen molar-refractivity contribution in [3.05, 3.63) is 69.2 Å². The van der Waals surface area contributed by atoms with E-state index in [2.05, 4.69) is 36.5 Å². The molecule has 0 saturated heterocycles. The molecule has 0 bridgehead atoms. The van der Waals surface area contributed by atoms with Gasteiger partial charge in [0.25, 0.3) is 0 Å². The largest absolute Gasteiger partial charge is 0.352 e. The first-order valence-corrected chi connectivity index (χ1v) is 11.6. The minimum Gasteiger partial charge on any atom is -0.352 e. The maximum atomic E-state index is 13.3. The number of benzene rings is 2. The highest BCUT2D eigenvalue weighted by Gasteiger charge is 2.28. The minimum atomic E-state index is -0.549. The van der Waals surface area contributed by atoms with E-state index in [9.17, 15) is 9.59 Å². The van der Waals surface area contributed by atoms with E-state index < -0.39 is 6.04 Å². The molecule has 1 N–H and O–H groups in total. The van der Waals surface area contributed by atoms with E-state index in [0.29, 0.717) is 35.9 Å². The highest BCUT2D eigenvalue weighted by Crippen LogP contribution is 2.24. The molecule has 2 rings (SSSR count). The molecule has 4 nitrogen and oxygen atoms in total. The van der Waals surface area contributed by atoms with Gasteiger partial charge in [-0.3, -0.25) is 9.59 Å². The van der Waals surface area contributed by atoms with Gasteiger partial charge in [0.2, 0.25) is 11.8 Å². The van der Waals surface area contributed by atoms with Gasteiger partial charge in [0, 0.05) is 19.0 Å². The summed E-state index contributed by atoms with van der Waals surface area (Å²) in [6.45, 7) is 8.16. The van der Waals surface area contributed by atoms with Crippen LogP contribution in [-0.4, -0.2) is 28.8 Å². The maximum absolute atomic E-state index is 13.3. The molecule has 2 aromatic rings. The minimum absolute atomic E-state index is 0.000517. The number of amides is 2. The zero-order valence-electron chi connectivity index (χ0n) is 18.8. The number of hydrogen-bond acceptors (Lipinski definition) is 2. The fourth-order valence-corrected chi connectivity index (χ4v) is 3.79. The van der Waals surface area contributed by atoms with Crippen molar-refractivity contribution in [3.63, 3.8) is 0 Å². The summed E-state index contributed by atoms with van der Waals surface area (Å²) in [6.07, 6.45) is 2.47. The maximum Gasteiger partial charge on any atom is 0.243 e. The zero-order valence-corrected chi connectivity index (χ0v) is 20.3. The summed E-state index contributed by atoms with van der Waals surface area (Å²) >= 11 is 12.2. The first-order valence-electron chi connectivity index (χ1n) is 10.9. The van der Waals surface area contributed by atoms with Crippen molar-refractivity contribution in [2.45, 2.75) is 72.0 Å². The standard InChI is InChI=1S/C25H32Cl2N2O2/c1-5-18-7-9-19(10-8-18)12-14-24(30)29(23(6-2)25(31)28-17(3)4)16-20-11-13-21(26)22(27)15-20/h7-11,13,15,17,23H,5-6,12,14,16H2,1-4H3,(H,28,31)/t23-/m0/s1. The van der Waals surface area contributed by atoms with Gasteiger partial charge in [-0.05, 0) is 61.9 Å². The topological polar surface area (TPSA) is 49.4 Å². The lowest BCUT2D eigenvalue weighted by Gasteiger charge is -2.31. The molecule has 0 saturated carbocycles. The Morgan fingerprint density at radius 2 is 1.55 bits per heavy atom. The Morgan fingerprint density at radius 1 is 0.935 bits per heavy atom. The van der Waals surface area contributed by atoms with Gasteiger partial charge < -0.3 is 10.2 Å². The molecule has 2 amide bonds. The number of carbonyl (C=O) groups excluding carboxylic acids is 2. The Labute approximate surface area is 195 Å². The van der Waals surface area contributed by atoms with Crippen molar-refractivity contribution in [2.24, 2.45) is 0 Å². The van der Waals surface area contributed by atoms with Crippen LogP contribution in [0, 0.1) is 0 Å². The normalized spacial score (nSPS) is 12.0. The fraction of sp³-hybridized carbons (Fsp3) is 0.440. The average Bonchev–Trinajstić information content (AvgIpc) is 2.74. The van der Waals surface area contributed by atoms with E-state index in [1.54, 1.807) is 17.0 Å². The fourth-order valence-electron chi connectivity index (χ4n) is 3.47. The van der Waals surface area contributed by atoms with E-state index in [-0.39, 0.29) is 17.9 Å². The van der Waals surface area contributed by atoms with Crippen LogP contribution in [0.4, 0.5) is 0 Å². The Morgan fingerprint density at radius 3 is 2.10 bits per heavy atom. The molecule has 0 aliphatic carbocycles. The van der Waals surface area contributed by atoms with E-state index in [4.69, 9.17) is 23.2 Å². The summed E-state index contributed by atoms with van der Waals surface area (Å²) in [5.74, 6) is -0.199. The molecule has 6 heteroatoms. The predicted octanol–water partition coefficient (Wildman–Crippen LogP) is 5.82. The van der Waals surface area contributed by atoms with Crippen LogP contribution in [0.25, 0.3) is 0 Å². The Balaban J connectivity index is 2.21. The SMILES string of the molecule is CCc1ccc(CCC(=O)N(Cc2ccc(Cl)c(Cl)c2)[C@@H](CC)C(=O)NC(C)C)cc1. The van der Waals surface area contributed by atoms with Crippen molar-refractivity contribution in [1.82, 2.24) is 10.2 Å². The van der Waals surface area contributed by atoms with Crippen molar-refractivity contribution in [1.29, 1.82) is 0 Å². The molecular weight excluding hydrogens is 431 g/mol. The van der Waals surface area contributed by atoms with Gasteiger partial charge in [-0.2, -0.15) is 0 Å². The molecule has 0 heterocycles. The number of halogens is 2. The second kappa shape index (κ2) is 12.1. The monoisotopic (exact) mass is 462 g/mol. The van der Waals surface area contributed by atoms with Crippen molar-refractivity contribution in [2.75, 3.05) is 0 Å².